The van der Waals surface area contributed by atoms with Crippen LogP contribution in [0.4, 0.5) is 0 Å². The van der Waals surface area contributed by atoms with E-state index in [1.807, 2.05) is 13.8 Å². The Morgan fingerprint density at radius 3 is 2.38 bits per heavy atom. The van der Waals surface area contributed by atoms with E-state index in [9.17, 15) is 8.42 Å². The van der Waals surface area contributed by atoms with Gasteiger partial charge in [-0.2, -0.15) is 4.31 Å². The molecular weight excluding hydrogens is 284 g/mol. The van der Waals surface area contributed by atoms with Crippen molar-refractivity contribution in [3.63, 3.8) is 0 Å². The van der Waals surface area contributed by atoms with E-state index in [0.717, 1.165) is 18.4 Å². The number of benzene rings is 1. The number of nitrogens with two attached hydrogens (primary N) is 1. The molecule has 21 heavy (non-hydrogen) atoms. The first kappa shape index (κ1) is 16.0. The SMILES string of the molecule is CC(C)N(CC1CC1)S(=O)(=O)c1ccc(C#CCN)cc1. The second kappa shape index (κ2) is 6.61. The largest absolute Gasteiger partial charge is 0.320 e. The van der Waals surface area contributed by atoms with Gasteiger partial charge in [-0.15, -0.1) is 0 Å². The summed E-state index contributed by atoms with van der Waals surface area (Å²) in [6, 6.07) is 6.67. The molecule has 1 aliphatic carbocycles. The predicted octanol–water partition coefficient (Wildman–Crippen LogP) is 1.81. The van der Waals surface area contributed by atoms with E-state index in [0.29, 0.717) is 23.9 Å². The van der Waals surface area contributed by atoms with Gasteiger partial charge in [0.05, 0.1) is 11.4 Å². The Morgan fingerprint density at radius 2 is 1.90 bits per heavy atom. The van der Waals surface area contributed by atoms with Crippen LogP contribution < -0.4 is 5.73 Å². The molecule has 0 aliphatic heterocycles. The predicted molar refractivity (Wildman–Crippen MR) is 84.1 cm³/mol. The van der Waals surface area contributed by atoms with Crippen molar-refractivity contribution < 1.29 is 8.42 Å². The van der Waals surface area contributed by atoms with Crippen molar-refractivity contribution in [2.75, 3.05) is 13.1 Å². The summed E-state index contributed by atoms with van der Waals surface area (Å²) < 4.78 is 27.1. The first-order valence-electron chi connectivity index (χ1n) is 7.26. The molecule has 1 saturated carbocycles. The maximum atomic E-state index is 12.7. The van der Waals surface area contributed by atoms with Crippen LogP contribution in [0, 0.1) is 17.8 Å². The second-order valence-corrected chi connectivity index (χ2v) is 7.53. The first-order chi connectivity index (χ1) is 9.95. The lowest BCUT2D eigenvalue weighted by atomic mass is 10.2. The molecule has 0 radical (unpaired) electrons. The van der Waals surface area contributed by atoms with Gasteiger partial charge in [0.1, 0.15) is 0 Å². The van der Waals surface area contributed by atoms with Gasteiger partial charge in [0.25, 0.3) is 0 Å². The maximum Gasteiger partial charge on any atom is 0.243 e. The van der Waals surface area contributed by atoms with Crippen LogP contribution in [0.25, 0.3) is 0 Å². The Balaban J connectivity index is 2.24. The lowest BCUT2D eigenvalue weighted by molar-refractivity contribution is 0.342. The van der Waals surface area contributed by atoms with Crippen molar-refractivity contribution in [2.45, 2.75) is 37.6 Å². The fourth-order valence-electron chi connectivity index (χ4n) is 2.14. The highest BCUT2D eigenvalue weighted by molar-refractivity contribution is 7.89. The molecule has 0 atom stereocenters. The minimum atomic E-state index is -3.43. The van der Waals surface area contributed by atoms with Crippen LogP contribution in [0.15, 0.2) is 29.2 Å². The van der Waals surface area contributed by atoms with Crippen LogP contribution in [-0.2, 0) is 10.0 Å². The summed E-state index contributed by atoms with van der Waals surface area (Å²) in [4.78, 5) is 0.329. The third kappa shape index (κ3) is 4.07. The molecule has 0 bridgehead atoms. The summed E-state index contributed by atoms with van der Waals surface area (Å²) in [5, 5.41) is 0. The molecule has 1 fully saturated rings. The molecule has 0 saturated heterocycles. The summed E-state index contributed by atoms with van der Waals surface area (Å²) in [6.45, 7) is 4.75. The lowest BCUT2D eigenvalue weighted by Crippen LogP contribution is -2.38. The van der Waals surface area contributed by atoms with Crippen molar-refractivity contribution in [3.8, 4) is 11.8 Å². The van der Waals surface area contributed by atoms with Gasteiger partial charge >= 0.3 is 0 Å². The summed E-state index contributed by atoms with van der Waals surface area (Å²) >= 11 is 0. The van der Waals surface area contributed by atoms with Crippen LogP contribution in [0.5, 0.6) is 0 Å². The van der Waals surface area contributed by atoms with Crippen LogP contribution in [0.1, 0.15) is 32.3 Å². The zero-order chi connectivity index (χ0) is 15.5. The first-order valence-corrected chi connectivity index (χ1v) is 8.70. The number of hydrogen-bond donors (Lipinski definition) is 1. The summed E-state index contributed by atoms with van der Waals surface area (Å²) in [5.74, 6) is 6.17. The van der Waals surface area contributed by atoms with Crippen LogP contribution >= 0.6 is 0 Å². The third-order valence-corrected chi connectivity index (χ3v) is 5.56. The molecular formula is C16H22N2O2S. The van der Waals surface area contributed by atoms with E-state index in [1.54, 1.807) is 28.6 Å². The zero-order valence-electron chi connectivity index (χ0n) is 12.5. The molecule has 1 aliphatic rings. The van der Waals surface area contributed by atoms with Crippen LogP contribution in [0.3, 0.4) is 0 Å². The highest BCUT2D eigenvalue weighted by Crippen LogP contribution is 2.32. The zero-order valence-corrected chi connectivity index (χ0v) is 13.4. The van der Waals surface area contributed by atoms with E-state index in [2.05, 4.69) is 11.8 Å². The van der Waals surface area contributed by atoms with Gasteiger partial charge in [-0.3, -0.25) is 0 Å². The minimum absolute atomic E-state index is 0.0349. The van der Waals surface area contributed by atoms with Crippen LogP contribution in [0.2, 0.25) is 0 Å². The number of rotatable bonds is 5. The van der Waals surface area contributed by atoms with E-state index in [4.69, 9.17) is 5.73 Å². The van der Waals surface area contributed by atoms with Crippen molar-refractivity contribution in [1.29, 1.82) is 0 Å². The van der Waals surface area contributed by atoms with E-state index < -0.39 is 10.0 Å². The maximum absolute atomic E-state index is 12.7. The van der Waals surface area contributed by atoms with Gasteiger partial charge < -0.3 is 5.73 Å². The molecule has 2 N–H and O–H groups in total. The van der Waals surface area contributed by atoms with Crippen molar-refractivity contribution in [2.24, 2.45) is 11.7 Å². The van der Waals surface area contributed by atoms with Gasteiger partial charge in [-0.25, -0.2) is 8.42 Å². The normalized spacial score (nSPS) is 15.1. The average molecular weight is 306 g/mol. The fraction of sp³-hybridized carbons (Fsp3) is 0.500. The number of sulfonamides is 1. The quantitative estimate of drug-likeness (QED) is 0.844. The molecule has 1 aromatic rings. The Bertz CT molecular complexity index is 635. The smallest absolute Gasteiger partial charge is 0.243 e. The van der Waals surface area contributed by atoms with Gasteiger partial charge in [0, 0.05) is 18.2 Å². The number of nitrogens with zero attached hydrogens (tertiary/aromatic N) is 1. The highest BCUT2D eigenvalue weighted by atomic mass is 32.2. The summed E-state index contributed by atoms with van der Waals surface area (Å²) in [7, 11) is -3.43. The van der Waals surface area contributed by atoms with Crippen LogP contribution in [-0.4, -0.2) is 31.9 Å². The molecule has 0 unspecified atom stereocenters. The Morgan fingerprint density at radius 1 is 1.29 bits per heavy atom. The Labute approximate surface area is 127 Å². The Kier molecular flexibility index (Phi) is 5.04. The molecule has 4 nitrogen and oxygen atoms in total. The van der Waals surface area contributed by atoms with E-state index in [1.165, 1.54) is 0 Å². The third-order valence-electron chi connectivity index (χ3n) is 3.51. The molecule has 0 spiro atoms. The topological polar surface area (TPSA) is 63.4 Å². The standard InChI is InChI=1S/C16H22N2O2S/c1-13(2)18(12-15-5-6-15)21(19,20)16-9-7-14(8-10-16)4-3-11-17/h7-10,13,15H,5-6,11-12,17H2,1-2H3. The van der Waals surface area contributed by atoms with Gasteiger partial charge in [-0.05, 0) is 56.9 Å². The van der Waals surface area contributed by atoms with Crippen molar-refractivity contribution in [1.82, 2.24) is 4.31 Å². The molecule has 1 aromatic carbocycles. The van der Waals surface area contributed by atoms with Crippen molar-refractivity contribution in [3.05, 3.63) is 29.8 Å². The summed E-state index contributed by atoms with van der Waals surface area (Å²) in [5.41, 5.74) is 6.10. The van der Waals surface area contributed by atoms with Gasteiger partial charge in [0.15, 0.2) is 0 Å². The van der Waals surface area contributed by atoms with Gasteiger partial charge in [-0.1, -0.05) is 11.8 Å². The molecule has 114 valence electrons. The van der Waals surface area contributed by atoms with Crippen molar-refractivity contribution >= 4 is 10.0 Å². The molecule has 2 rings (SSSR count). The summed E-state index contributed by atoms with van der Waals surface area (Å²) in [6.07, 6.45) is 2.26. The van der Waals surface area contributed by atoms with E-state index in [-0.39, 0.29) is 6.04 Å². The van der Waals surface area contributed by atoms with E-state index >= 15 is 0 Å². The highest BCUT2D eigenvalue weighted by Gasteiger charge is 2.33. The lowest BCUT2D eigenvalue weighted by Gasteiger charge is -2.25. The molecule has 0 amide bonds. The minimum Gasteiger partial charge on any atom is -0.320 e. The monoisotopic (exact) mass is 306 g/mol. The molecule has 0 aromatic heterocycles. The Hall–Kier alpha value is -1.35. The fourth-order valence-corrected chi connectivity index (χ4v) is 3.85. The molecule has 5 heteroatoms. The molecule has 0 heterocycles. The average Bonchev–Trinajstić information content (AvgIpc) is 3.26. The van der Waals surface area contributed by atoms with Gasteiger partial charge in [0.2, 0.25) is 10.0 Å². The second-order valence-electron chi connectivity index (χ2n) is 5.64. The number of hydrogen-bond acceptors (Lipinski definition) is 3.